The van der Waals surface area contributed by atoms with Gasteiger partial charge in [-0.2, -0.15) is 0 Å². The minimum Gasteiger partial charge on any atom is -0.351 e. The van der Waals surface area contributed by atoms with Gasteiger partial charge in [-0.15, -0.1) is 16.4 Å². The first kappa shape index (κ1) is 18.0. The van der Waals surface area contributed by atoms with E-state index in [0.29, 0.717) is 18.3 Å². The fourth-order valence-corrected chi connectivity index (χ4v) is 3.97. The third-order valence-electron chi connectivity index (χ3n) is 4.57. The van der Waals surface area contributed by atoms with Crippen LogP contribution in [0.5, 0.6) is 0 Å². The van der Waals surface area contributed by atoms with Crippen LogP contribution in [-0.4, -0.2) is 45.5 Å². The second kappa shape index (κ2) is 8.53. The molecular formula is C17H26N6OS. The van der Waals surface area contributed by atoms with Crippen molar-refractivity contribution in [3.05, 3.63) is 27.5 Å². The number of hydrogen-bond acceptors (Lipinski definition) is 6. The average Bonchev–Trinajstić information content (AvgIpc) is 3.21. The van der Waals surface area contributed by atoms with E-state index in [0.717, 1.165) is 56.6 Å². The van der Waals surface area contributed by atoms with E-state index in [-0.39, 0.29) is 5.91 Å². The quantitative estimate of drug-likeness (QED) is 0.736. The van der Waals surface area contributed by atoms with Crippen molar-refractivity contribution in [2.45, 2.75) is 52.0 Å². The minimum atomic E-state index is -0.122. The van der Waals surface area contributed by atoms with Crippen molar-refractivity contribution >= 4 is 17.2 Å². The average molecular weight is 363 g/mol. The number of nitrogens with zero attached hydrogens (tertiary/aromatic N) is 4. The molecule has 0 radical (unpaired) electrons. The first-order valence-electron chi connectivity index (χ1n) is 8.97. The van der Waals surface area contributed by atoms with Crippen LogP contribution in [0.3, 0.4) is 0 Å². The van der Waals surface area contributed by atoms with Crippen LogP contribution < -0.4 is 10.6 Å². The summed E-state index contributed by atoms with van der Waals surface area (Å²) in [4.78, 5) is 16.8. The Morgan fingerprint density at radius 1 is 1.36 bits per heavy atom. The second-order valence-corrected chi connectivity index (χ2v) is 7.49. The number of carbonyl (C=O) groups is 1. The highest BCUT2D eigenvalue weighted by Crippen LogP contribution is 2.20. The number of carbonyl (C=O) groups excluding carboxylic acids is 1. The number of hydrogen-bond donors (Lipinski definition) is 2. The Hall–Kier alpha value is -1.80. The molecule has 1 amide bonds. The lowest BCUT2D eigenvalue weighted by atomic mass is 10.1. The molecular weight excluding hydrogens is 336 g/mol. The Balaban J connectivity index is 1.44. The molecule has 0 bridgehead atoms. The van der Waals surface area contributed by atoms with Gasteiger partial charge in [0, 0.05) is 17.6 Å². The molecule has 1 aliphatic rings. The van der Waals surface area contributed by atoms with Crippen LogP contribution in [-0.2, 0) is 6.42 Å². The topological polar surface area (TPSA) is 84.7 Å². The van der Waals surface area contributed by atoms with Crippen molar-refractivity contribution < 1.29 is 4.79 Å². The monoisotopic (exact) mass is 362 g/mol. The van der Waals surface area contributed by atoms with Gasteiger partial charge in [-0.05, 0) is 59.0 Å². The van der Waals surface area contributed by atoms with Gasteiger partial charge in [-0.1, -0.05) is 5.21 Å². The largest absolute Gasteiger partial charge is 0.351 e. The minimum absolute atomic E-state index is 0.122. The van der Waals surface area contributed by atoms with Gasteiger partial charge >= 0.3 is 0 Å². The number of rotatable bonds is 7. The number of aromatic nitrogens is 4. The lowest BCUT2D eigenvalue weighted by Gasteiger charge is -2.23. The number of amides is 1. The van der Waals surface area contributed by atoms with Crippen molar-refractivity contribution in [2.24, 2.45) is 0 Å². The normalized spacial score (nSPS) is 15.4. The van der Waals surface area contributed by atoms with E-state index < -0.39 is 0 Å². The van der Waals surface area contributed by atoms with E-state index in [1.54, 1.807) is 11.3 Å². The summed E-state index contributed by atoms with van der Waals surface area (Å²) in [6.45, 7) is 6.58. The summed E-state index contributed by atoms with van der Waals surface area (Å²) in [6, 6.07) is 0.344. The van der Waals surface area contributed by atoms with Crippen molar-refractivity contribution in [2.75, 3.05) is 19.6 Å². The summed E-state index contributed by atoms with van der Waals surface area (Å²) < 4.78 is 1.92. The molecule has 0 unspecified atom stereocenters. The summed E-state index contributed by atoms with van der Waals surface area (Å²) in [7, 11) is 0. The fourth-order valence-electron chi connectivity index (χ4n) is 3.15. The van der Waals surface area contributed by atoms with Gasteiger partial charge < -0.3 is 10.6 Å². The predicted molar refractivity (Wildman–Crippen MR) is 98.0 cm³/mol. The van der Waals surface area contributed by atoms with Crippen LogP contribution in [0.1, 0.15) is 58.6 Å². The Morgan fingerprint density at radius 2 is 2.16 bits per heavy atom. The first-order valence-corrected chi connectivity index (χ1v) is 9.85. The maximum atomic E-state index is 12.3. The van der Waals surface area contributed by atoms with Crippen molar-refractivity contribution in [1.82, 2.24) is 30.6 Å². The van der Waals surface area contributed by atoms with Gasteiger partial charge in [-0.25, -0.2) is 9.67 Å². The standard InChI is InChI=1S/C17H26N6OS/c1-12-11-25-15(20-12)5-3-4-8-19-17(24)16-13(2)23(22-21-16)14-6-9-18-10-7-14/h11,14,18H,3-10H2,1-2H3,(H,19,24). The predicted octanol–water partition coefficient (Wildman–Crippen LogP) is 2.03. The summed E-state index contributed by atoms with van der Waals surface area (Å²) in [5.74, 6) is -0.122. The molecule has 0 saturated carbocycles. The van der Waals surface area contributed by atoms with Crippen LogP contribution in [0.15, 0.2) is 5.38 Å². The molecule has 8 heteroatoms. The van der Waals surface area contributed by atoms with Gasteiger partial charge in [0.25, 0.3) is 5.91 Å². The smallest absolute Gasteiger partial charge is 0.273 e. The Morgan fingerprint density at radius 3 is 2.88 bits per heavy atom. The molecule has 1 fully saturated rings. The van der Waals surface area contributed by atoms with Gasteiger partial charge in [0.1, 0.15) is 0 Å². The third-order valence-corrected chi connectivity index (χ3v) is 5.59. The maximum absolute atomic E-state index is 12.3. The lowest BCUT2D eigenvalue weighted by Crippen LogP contribution is -2.30. The second-order valence-electron chi connectivity index (χ2n) is 6.54. The lowest BCUT2D eigenvalue weighted by molar-refractivity contribution is 0.0947. The Bertz CT molecular complexity index is 704. The van der Waals surface area contributed by atoms with Crippen molar-refractivity contribution in [3.63, 3.8) is 0 Å². The number of nitrogens with one attached hydrogen (secondary N) is 2. The molecule has 7 nitrogen and oxygen atoms in total. The van der Waals surface area contributed by atoms with Gasteiger partial charge in [0.15, 0.2) is 5.69 Å². The van der Waals surface area contributed by atoms with Crippen molar-refractivity contribution in [1.29, 1.82) is 0 Å². The maximum Gasteiger partial charge on any atom is 0.273 e. The fraction of sp³-hybridized carbons (Fsp3) is 0.647. The Kier molecular flexibility index (Phi) is 6.14. The van der Waals surface area contributed by atoms with Crippen LogP contribution in [0.2, 0.25) is 0 Å². The summed E-state index contributed by atoms with van der Waals surface area (Å²) >= 11 is 1.70. The van der Waals surface area contributed by atoms with Crippen LogP contribution >= 0.6 is 11.3 Å². The molecule has 0 atom stereocenters. The number of piperidine rings is 1. The molecule has 3 heterocycles. The van der Waals surface area contributed by atoms with Crippen LogP contribution in [0, 0.1) is 13.8 Å². The highest BCUT2D eigenvalue weighted by Gasteiger charge is 2.22. The molecule has 2 aromatic heterocycles. The molecule has 0 aliphatic carbocycles. The molecule has 2 N–H and O–H groups in total. The van der Waals surface area contributed by atoms with E-state index >= 15 is 0 Å². The van der Waals surface area contributed by atoms with Gasteiger partial charge in [-0.3, -0.25) is 4.79 Å². The van der Waals surface area contributed by atoms with E-state index in [2.05, 4.69) is 31.3 Å². The molecule has 0 spiro atoms. The van der Waals surface area contributed by atoms with Crippen LogP contribution in [0.4, 0.5) is 0 Å². The van der Waals surface area contributed by atoms with E-state index in [1.165, 1.54) is 5.01 Å². The van der Waals surface area contributed by atoms with E-state index in [4.69, 9.17) is 0 Å². The van der Waals surface area contributed by atoms with Crippen molar-refractivity contribution in [3.8, 4) is 0 Å². The molecule has 136 valence electrons. The molecule has 1 saturated heterocycles. The first-order chi connectivity index (χ1) is 12.1. The van der Waals surface area contributed by atoms with Crippen LogP contribution in [0.25, 0.3) is 0 Å². The zero-order valence-corrected chi connectivity index (χ0v) is 15.7. The third kappa shape index (κ3) is 4.64. The zero-order valence-electron chi connectivity index (χ0n) is 14.9. The number of unbranched alkanes of at least 4 members (excludes halogenated alkanes) is 1. The zero-order chi connectivity index (χ0) is 17.6. The molecule has 2 aromatic rings. The molecule has 1 aliphatic heterocycles. The van der Waals surface area contributed by atoms with Gasteiger partial charge in [0.05, 0.1) is 16.7 Å². The SMILES string of the molecule is Cc1csc(CCCCNC(=O)c2nnn(C3CCNCC3)c2C)n1. The van der Waals surface area contributed by atoms with E-state index in [9.17, 15) is 4.79 Å². The molecule has 25 heavy (non-hydrogen) atoms. The molecule has 3 rings (SSSR count). The number of thiazole rings is 1. The summed E-state index contributed by atoms with van der Waals surface area (Å²) in [5.41, 5.74) is 2.40. The Labute approximate surface area is 152 Å². The number of aryl methyl sites for hydroxylation is 2. The van der Waals surface area contributed by atoms with Gasteiger partial charge in [0.2, 0.25) is 0 Å². The molecule has 0 aromatic carbocycles. The highest BCUT2D eigenvalue weighted by molar-refractivity contribution is 7.09. The summed E-state index contributed by atoms with van der Waals surface area (Å²) in [6.07, 6.45) is 4.99. The summed E-state index contributed by atoms with van der Waals surface area (Å²) in [5, 5.41) is 17.9. The highest BCUT2D eigenvalue weighted by atomic mass is 32.1. The van der Waals surface area contributed by atoms with E-state index in [1.807, 2.05) is 18.5 Å².